The summed E-state index contributed by atoms with van der Waals surface area (Å²) in [6.07, 6.45) is 0. The van der Waals surface area contributed by atoms with Crippen LogP contribution < -0.4 is 5.14 Å². The number of hydrogen-bond donors (Lipinski definition) is 1. The van der Waals surface area contributed by atoms with Crippen LogP contribution >= 0.6 is 11.6 Å². The van der Waals surface area contributed by atoms with Crippen molar-refractivity contribution in [3.8, 4) is 16.9 Å². The topological polar surface area (TPSA) is 82.2 Å². The zero-order valence-electron chi connectivity index (χ0n) is 15.8. The summed E-state index contributed by atoms with van der Waals surface area (Å²) in [5.74, 6) is -0.0926. The quantitative estimate of drug-likeness (QED) is 0.617. The van der Waals surface area contributed by atoms with Crippen molar-refractivity contribution in [2.75, 3.05) is 0 Å². The third-order valence-corrected chi connectivity index (χ3v) is 5.78. The fourth-order valence-electron chi connectivity index (χ4n) is 3.12. The molecule has 0 spiro atoms. The van der Waals surface area contributed by atoms with Crippen LogP contribution in [0.2, 0.25) is 5.02 Å². The molecular weight excluding hydrogens is 396 g/mol. The number of hydrogen-bond acceptors (Lipinski definition) is 3. The molecule has 28 heavy (non-hydrogen) atoms. The third kappa shape index (κ3) is 3.90. The number of ketones is 1. The summed E-state index contributed by atoms with van der Waals surface area (Å²) in [4.78, 5) is 12.7. The lowest BCUT2D eigenvalue weighted by molar-refractivity contribution is 0.0939. The van der Waals surface area contributed by atoms with Crippen LogP contribution in [0.4, 0.5) is 0 Å². The molecule has 1 heterocycles. The predicted molar refractivity (Wildman–Crippen MR) is 111 cm³/mol. The van der Waals surface area contributed by atoms with Gasteiger partial charge in [0, 0.05) is 27.9 Å². The summed E-state index contributed by atoms with van der Waals surface area (Å²) in [6, 6.07) is 15.5. The molecule has 1 aromatic heterocycles. The molecule has 2 N–H and O–H groups in total. The first-order valence-corrected chi connectivity index (χ1v) is 10.7. The van der Waals surface area contributed by atoms with Crippen molar-refractivity contribution in [3.05, 3.63) is 70.9 Å². The second kappa shape index (κ2) is 7.54. The van der Waals surface area contributed by atoms with Gasteiger partial charge in [0.15, 0.2) is 5.78 Å². The molecule has 3 aromatic rings. The molecule has 0 saturated heterocycles. The molecule has 0 aliphatic carbocycles. The van der Waals surface area contributed by atoms with E-state index in [4.69, 9.17) is 16.7 Å². The molecular formula is C21H21ClN2O3S. The van der Waals surface area contributed by atoms with Crippen LogP contribution in [0, 0.1) is 12.8 Å². The van der Waals surface area contributed by atoms with E-state index >= 15 is 0 Å². The Balaban J connectivity index is 2.23. The number of primary sulfonamides is 1. The first-order valence-electron chi connectivity index (χ1n) is 8.75. The van der Waals surface area contributed by atoms with Crippen LogP contribution in [0.5, 0.6) is 0 Å². The normalized spacial score (nSPS) is 11.8. The lowest BCUT2D eigenvalue weighted by Gasteiger charge is -2.13. The number of rotatable bonds is 5. The lowest BCUT2D eigenvalue weighted by atomic mass is 10.0. The van der Waals surface area contributed by atoms with E-state index in [1.54, 1.807) is 24.3 Å². The van der Waals surface area contributed by atoms with Crippen LogP contribution in [-0.2, 0) is 10.0 Å². The van der Waals surface area contributed by atoms with Crippen molar-refractivity contribution < 1.29 is 13.2 Å². The Kier molecular flexibility index (Phi) is 5.48. The minimum Gasteiger partial charge on any atom is -0.313 e. The van der Waals surface area contributed by atoms with Crippen LogP contribution in [0.1, 0.15) is 29.9 Å². The third-order valence-electron chi connectivity index (χ3n) is 4.60. The molecule has 0 amide bonds. The number of carbonyl (C=O) groups excluding carboxylic acids is 1. The zero-order chi connectivity index (χ0) is 20.6. The van der Waals surface area contributed by atoms with Gasteiger partial charge in [0.2, 0.25) is 10.0 Å². The highest BCUT2D eigenvalue weighted by atomic mass is 35.5. The Morgan fingerprint density at radius 2 is 1.61 bits per heavy atom. The molecule has 0 aliphatic heterocycles. The van der Waals surface area contributed by atoms with Crippen molar-refractivity contribution in [1.82, 2.24) is 4.57 Å². The molecule has 0 unspecified atom stereocenters. The van der Waals surface area contributed by atoms with Crippen LogP contribution in [0.25, 0.3) is 16.9 Å². The Labute approximate surface area is 169 Å². The first kappa shape index (κ1) is 20.3. The van der Waals surface area contributed by atoms with Crippen molar-refractivity contribution in [2.45, 2.75) is 25.7 Å². The van der Waals surface area contributed by atoms with E-state index in [-0.39, 0.29) is 16.6 Å². The van der Waals surface area contributed by atoms with Crippen LogP contribution in [0.15, 0.2) is 59.5 Å². The largest absolute Gasteiger partial charge is 0.313 e. The SMILES string of the molecule is Cc1c(C(=O)C(C)C)cc(-c2ccc(Cl)cc2)n1-c1ccc(S(N)(=O)=O)cc1. The van der Waals surface area contributed by atoms with Gasteiger partial charge in [0.1, 0.15) is 0 Å². The monoisotopic (exact) mass is 416 g/mol. The Morgan fingerprint density at radius 3 is 2.11 bits per heavy atom. The predicted octanol–water partition coefficient (Wildman–Crippen LogP) is 4.59. The van der Waals surface area contributed by atoms with Crippen LogP contribution in [0.3, 0.4) is 0 Å². The van der Waals surface area contributed by atoms with E-state index in [1.807, 2.05) is 43.5 Å². The molecule has 3 rings (SSSR count). The van der Waals surface area contributed by atoms with Gasteiger partial charge in [-0.05, 0) is 55.0 Å². The number of Topliss-reactive ketones (excluding diaryl/α,β-unsaturated/α-hetero) is 1. The van der Waals surface area contributed by atoms with Gasteiger partial charge in [-0.15, -0.1) is 0 Å². The maximum absolute atomic E-state index is 12.7. The maximum atomic E-state index is 12.7. The maximum Gasteiger partial charge on any atom is 0.238 e. The Bertz CT molecular complexity index is 1130. The van der Waals surface area contributed by atoms with E-state index in [1.165, 1.54) is 12.1 Å². The number of benzene rings is 2. The minimum absolute atomic E-state index is 0.0348. The van der Waals surface area contributed by atoms with Gasteiger partial charge in [-0.3, -0.25) is 4.79 Å². The second-order valence-corrected chi connectivity index (χ2v) is 8.93. The summed E-state index contributed by atoms with van der Waals surface area (Å²) in [7, 11) is -3.78. The highest BCUT2D eigenvalue weighted by Gasteiger charge is 2.21. The summed E-state index contributed by atoms with van der Waals surface area (Å²) < 4.78 is 25.0. The Hall–Kier alpha value is -2.41. The second-order valence-electron chi connectivity index (χ2n) is 6.93. The van der Waals surface area contributed by atoms with Crippen molar-refractivity contribution >= 4 is 27.4 Å². The van der Waals surface area contributed by atoms with Gasteiger partial charge >= 0.3 is 0 Å². The van der Waals surface area contributed by atoms with Gasteiger partial charge in [-0.2, -0.15) is 0 Å². The molecule has 0 aliphatic rings. The molecule has 146 valence electrons. The molecule has 0 radical (unpaired) electrons. The fraction of sp³-hybridized carbons (Fsp3) is 0.190. The average Bonchev–Trinajstić information content (AvgIpc) is 2.98. The molecule has 0 saturated carbocycles. The van der Waals surface area contributed by atoms with Gasteiger partial charge in [0.25, 0.3) is 0 Å². The Morgan fingerprint density at radius 1 is 1.04 bits per heavy atom. The summed E-state index contributed by atoms with van der Waals surface area (Å²) in [6.45, 7) is 5.60. The summed E-state index contributed by atoms with van der Waals surface area (Å²) in [5.41, 5.74) is 3.87. The van der Waals surface area contributed by atoms with E-state index in [9.17, 15) is 13.2 Å². The molecule has 0 bridgehead atoms. The highest BCUT2D eigenvalue weighted by Crippen LogP contribution is 2.31. The number of nitrogens with two attached hydrogens (primary N) is 1. The minimum atomic E-state index is -3.78. The highest BCUT2D eigenvalue weighted by molar-refractivity contribution is 7.89. The van der Waals surface area contributed by atoms with E-state index in [0.29, 0.717) is 10.6 Å². The van der Waals surface area contributed by atoms with Crippen molar-refractivity contribution in [2.24, 2.45) is 11.1 Å². The smallest absolute Gasteiger partial charge is 0.238 e. The van der Waals surface area contributed by atoms with Crippen molar-refractivity contribution in [3.63, 3.8) is 0 Å². The van der Waals surface area contributed by atoms with Gasteiger partial charge in [-0.1, -0.05) is 37.6 Å². The number of carbonyl (C=O) groups is 1. The number of halogens is 1. The van der Waals surface area contributed by atoms with Crippen molar-refractivity contribution in [1.29, 1.82) is 0 Å². The van der Waals surface area contributed by atoms with E-state index in [0.717, 1.165) is 22.6 Å². The standard InChI is InChI=1S/C21H21ClN2O3S/c1-13(2)21(25)19-12-20(15-4-6-16(22)7-5-15)24(14(19)3)17-8-10-18(11-9-17)28(23,26)27/h4-13H,1-3H3,(H2,23,26,27). The van der Waals surface area contributed by atoms with Gasteiger partial charge < -0.3 is 4.57 Å². The van der Waals surface area contributed by atoms with Gasteiger partial charge in [0.05, 0.1) is 10.6 Å². The van der Waals surface area contributed by atoms with E-state index < -0.39 is 10.0 Å². The fourth-order valence-corrected chi connectivity index (χ4v) is 3.76. The number of nitrogens with zero attached hydrogens (tertiary/aromatic N) is 1. The van der Waals surface area contributed by atoms with E-state index in [2.05, 4.69) is 0 Å². The lowest BCUT2D eigenvalue weighted by Crippen LogP contribution is -2.12. The first-order chi connectivity index (χ1) is 13.1. The number of sulfonamides is 1. The summed E-state index contributed by atoms with van der Waals surface area (Å²) >= 11 is 6.01. The molecule has 5 nitrogen and oxygen atoms in total. The van der Waals surface area contributed by atoms with Crippen LogP contribution in [-0.4, -0.2) is 18.8 Å². The molecule has 2 aromatic carbocycles. The molecule has 0 atom stereocenters. The number of aromatic nitrogens is 1. The summed E-state index contributed by atoms with van der Waals surface area (Å²) in [5, 5.41) is 5.82. The molecule has 0 fully saturated rings. The zero-order valence-corrected chi connectivity index (χ0v) is 17.4. The molecule has 7 heteroatoms. The van der Waals surface area contributed by atoms with Gasteiger partial charge in [-0.25, -0.2) is 13.6 Å². The average molecular weight is 417 g/mol.